The molecule has 0 aliphatic rings. The van der Waals surface area contributed by atoms with Gasteiger partial charge in [-0.1, -0.05) is 24.3 Å². The first-order valence-electron chi connectivity index (χ1n) is 7.68. The van der Waals surface area contributed by atoms with E-state index in [0.717, 1.165) is 22.6 Å². The van der Waals surface area contributed by atoms with E-state index in [1.165, 1.54) is 6.08 Å². The molecule has 24 heavy (non-hydrogen) atoms. The van der Waals surface area contributed by atoms with Gasteiger partial charge in [-0.05, 0) is 36.3 Å². The summed E-state index contributed by atoms with van der Waals surface area (Å²) in [6.45, 7) is 2.40. The summed E-state index contributed by atoms with van der Waals surface area (Å²) in [4.78, 5) is 20.3. The summed E-state index contributed by atoms with van der Waals surface area (Å²) in [5.41, 5.74) is 2.94. The highest BCUT2D eigenvalue weighted by atomic mass is 16.1. The Kier molecular flexibility index (Phi) is 4.81. The van der Waals surface area contributed by atoms with E-state index in [1.54, 1.807) is 24.7 Å². The molecule has 3 aromatic rings. The van der Waals surface area contributed by atoms with E-state index < -0.39 is 0 Å². The summed E-state index contributed by atoms with van der Waals surface area (Å²) in [5.74, 6) is 0.765. The number of aromatic nitrogens is 3. The van der Waals surface area contributed by atoms with Crippen LogP contribution in [0.3, 0.4) is 0 Å². The highest BCUT2D eigenvalue weighted by Crippen LogP contribution is 2.16. The van der Waals surface area contributed by atoms with Crippen LogP contribution in [0, 0.1) is 6.92 Å². The van der Waals surface area contributed by atoms with E-state index in [-0.39, 0.29) is 5.91 Å². The topological polar surface area (TPSA) is 59.8 Å². The summed E-state index contributed by atoms with van der Waals surface area (Å²) in [6.07, 6.45) is 10.4. The minimum Gasteiger partial charge on any atom is -0.348 e. The van der Waals surface area contributed by atoms with Crippen LogP contribution < -0.4 is 5.32 Å². The molecule has 0 unspecified atom stereocenters. The van der Waals surface area contributed by atoms with Crippen LogP contribution in [0.15, 0.2) is 67.3 Å². The molecule has 0 aliphatic carbocycles. The zero-order valence-corrected chi connectivity index (χ0v) is 13.4. The van der Waals surface area contributed by atoms with Gasteiger partial charge in [-0.25, -0.2) is 4.98 Å². The van der Waals surface area contributed by atoms with Crippen LogP contribution in [0.2, 0.25) is 0 Å². The lowest BCUT2D eigenvalue weighted by molar-refractivity contribution is -0.116. The predicted octanol–water partition coefficient (Wildman–Crippen LogP) is 2.91. The number of imidazole rings is 1. The van der Waals surface area contributed by atoms with E-state index in [9.17, 15) is 4.79 Å². The fraction of sp³-hybridized carbons (Fsp3) is 0.105. The standard InChI is InChI=1S/C19H18N4O/c1-15-21-11-12-23(15)18-7-3-2-6-17(18)14-22-19(24)9-8-16-5-4-10-20-13-16/h2-13H,14H2,1H3,(H,22,24)/b9-8+. The van der Waals surface area contributed by atoms with Crippen molar-refractivity contribution < 1.29 is 4.79 Å². The first-order valence-corrected chi connectivity index (χ1v) is 7.68. The lowest BCUT2D eigenvalue weighted by Gasteiger charge is -2.12. The molecule has 0 bridgehead atoms. The van der Waals surface area contributed by atoms with Gasteiger partial charge < -0.3 is 9.88 Å². The molecule has 0 spiro atoms. The molecule has 1 amide bonds. The van der Waals surface area contributed by atoms with Gasteiger partial charge in [0.15, 0.2) is 0 Å². The van der Waals surface area contributed by atoms with Gasteiger partial charge in [-0.2, -0.15) is 0 Å². The van der Waals surface area contributed by atoms with Crippen molar-refractivity contribution in [1.29, 1.82) is 0 Å². The molecular formula is C19H18N4O. The van der Waals surface area contributed by atoms with E-state index in [1.807, 2.05) is 54.1 Å². The Bertz CT molecular complexity index is 853. The number of nitrogens with one attached hydrogen (secondary N) is 1. The number of aryl methyl sites for hydroxylation is 1. The maximum absolute atomic E-state index is 12.0. The van der Waals surface area contributed by atoms with Gasteiger partial charge >= 0.3 is 0 Å². The molecule has 1 N–H and O–H groups in total. The van der Waals surface area contributed by atoms with Crippen molar-refractivity contribution in [3.8, 4) is 5.69 Å². The molecule has 2 heterocycles. The molecule has 5 heteroatoms. The van der Waals surface area contributed by atoms with Crippen molar-refractivity contribution in [1.82, 2.24) is 19.9 Å². The summed E-state index contributed by atoms with van der Waals surface area (Å²) in [7, 11) is 0. The van der Waals surface area contributed by atoms with Gasteiger partial charge in [0, 0.05) is 37.4 Å². The van der Waals surface area contributed by atoms with Gasteiger partial charge in [0.2, 0.25) is 5.91 Å². The van der Waals surface area contributed by atoms with Gasteiger partial charge in [-0.15, -0.1) is 0 Å². The Morgan fingerprint density at radius 3 is 2.83 bits per heavy atom. The molecular weight excluding hydrogens is 300 g/mol. The van der Waals surface area contributed by atoms with E-state index in [2.05, 4.69) is 15.3 Å². The van der Waals surface area contributed by atoms with Crippen LogP contribution in [0.1, 0.15) is 17.0 Å². The highest BCUT2D eigenvalue weighted by Gasteiger charge is 2.07. The van der Waals surface area contributed by atoms with Crippen molar-refractivity contribution in [2.45, 2.75) is 13.5 Å². The summed E-state index contributed by atoms with van der Waals surface area (Å²) in [5, 5.41) is 2.91. The van der Waals surface area contributed by atoms with Crippen LogP contribution in [-0.2, 0) is 11.3 Å². The third-order valence-electron chi connectivity index (χ3n) is 3.64. The van der Waals surface area contributed by atoms with Gasteiger partial charge in [0.1, 0.15) is 5.82 Å². The van der Waals surface area contributed by atoms with Crippen molar-refractivity contribution in [3.63, 3.8) is 0 Å². The lowest BCUT2D eigenvalue weighted by atomic mass is 10.1. The van der Waals surface area contributed by atoms with Gasteiger partial charge in [-0.3, -0.25) is 9.78 Å². The maximum atomic E-state index is 12.0. The zero-order chi connectivity index (χ0) is 16.8. The smallest absolute Gasteiger partial charge is 0.244 e. The minimum absolute atomic E-state index is 0.143. The SMILES string of the molecule is Cc1nccn1-c1ccccc1CNC(=O)/C=C/c1cccnc1. The third kappa shape index (κ3) is 3.76. The Labute approximate surface area is 140 Å². The van der Waals surface area contributed by atoms with E-state index >= 15 is 0 Å². The number of nitrogens with zero attached hydrogens (tertiary/aromatic N) is 3. The minimum atomic E-state index is -0.143. The van der Waals surface area contributed by atoms with Crippen LogP contribution >= 0.6 is 0 Å². The predicted molar refractivity (Wildman–Crippen MR) is 93.4 cm³/mol. The fourth-order valence-electron chi connectivity index (χ4n) is 2.42. The van der Waals surface area contributed by atoms with E-state index in [4.69, 9.17) is 0 Å². The average Bonchev–Trinajstić information content (AvgIpc) is 3.05. The molecule has 0 saturated heterocycles. The van der Waals surface area contributed by atoms with Crippen LogP contribution in [0.4, 0.5) is 0 Å². The van der Waals surface area contributed by atoms with Crippen LogP contribution in [-0.4, -0.2) is 20.4 Å². The molecule has 5 nitrogen and oxygen atoms in total. The monoisotopic (exact) mass is 318 g/mol. The molecule has 2 aromatic heterocycles. The molecule has 0 atom stereocenters. The number of pyridine rings is 1. The first kappa shape index (κ1) is 15.7. The Morgan fingerprint density at radius 2 is 2.08 bits per heavy atom. The summed E-state index contributed by atoms with van der Waals surface area (Å²) < 4.78 is 2.01. The van der Waals surface area contributed by atoms with Crippen molar-refractivity contribution in [3.05, 3.63) is 84.2 Å². The summed E-state index contributed by atoms with van der Waals surface area (Å²) >= 11 is 0. The van der Waals surface area contributed by atoms with E-state index in [0.29, 0.717) is 6.54 Å². The number of amides is 1. The molecule has 0 aliphatic heterocycles. The molecule has 3 rings (SSSR count). The number of benzene rings is 1. The number of rotatable bonds is 5. The van der Waals surface area contributed by atoms with Gasteiger partial charge in [0.25, 0.3) is 0 Å². The van der Waals surface area contributed by atoms with Crippen molar-refractivity contribution >= 4 is 12.0 Å². The quantitative estimate of drug-likeness (QED) is 0.736. The highest BCUT2D eigenvalue weighted by molar-refractivity contribution is 5.91. The lowest BCUT2D eigenvalue weighted by Crippen LogP contribution is -2.21. The fourth-order valence-corrected chi connectivity index (χ4v) is 2.42. The molecule has 120 valence electrons. The second-order valence-electron chi connectivity index (χ2n) is 5.31. The number of carbonyl (C=O) groups is 1. The first-order chi connectivity index (χ1) is 11.7. The third-order valence-corrected chi connectivity index (χ3v) is 3.64. The van der Waals surface area contributed by atoms with Crippen molar-refractivity contribution in [2.24, 2.45) is 0 Å². The Balaban J connectivity index is 1.68. The number of carbonyl (C=O) groups excluding carboxylic acids is 1. The summed E-state index contributed by atoms with van der Waals surface area (Å²) in [6, 6.07) is 11.7. The zero-order valence-electron chi connectivity index (χ0n) is 13.4. The van der Waals surface area contributed by atoms with Crippen LogP contribution in [0.5, 0.6) is 0 Å². The number of hydrogen-bond acceptors (Lipinski definition) is 3. The maximum Gasteiger partial charge on any atom is 0.244 e. The van der Waals surface area contributed by atoms with Crippen molar-refractivity contribution in [2.75, 3.05) is 0 Å². The number of hydrogen-bond donors (Lipinski definition) is 1. The average molecular weight is 318 g/mol. The molecule has 0 radical (unpaired) electrons. The Hall–Kier alpha value is -3.21. The second kappa shape index (κ2) is 7.37. The van der Waals surface area contributed by atoms with Gasteiger partial charge in [0.05, 0.1) is 5.69 Å². The normalized spacial score (nSPS) is 10.9. The van der Waals surface area contributed by atoms with Crippen LogP contribution in [0.25, 0.3) is 11.8 Å². The second-order valence-corrected chi connectivity index (χ2v) is 5.31. The molecule has 0 fully saturated rings. The number of para-hydroxylation sites is 1. The molecule has 0 saturated carbocycles. The largest absolute Gasteiger partial charge is 0.348 e. The Morgan fingerprint density at radius 1 is 1.21 bits per heavy atom. The molecule has 1 aromatic carbocycles.